The summed E-state index contributed by atoms with van der Waals surface area (Å²) in [6.45, 7) is 5.46. The zero-order chi connectivity index (χ0) is 10.8. The molecule has 3 nitrogen and oxygen atoms in total. The van der Waals surface area contributed by atoms with Crippen LogP contribution in [0.25, 0.3) is 0 Å². The van der Waals surface area contributed by atoms with Crippen LogP contribution in [0.5, 0.6) is 0 Å². The maximum atomic E-state index is 11.6. The monoisotopic (exact) mass is 213 g/mol. The number of aliphatic hydroxyl groups is 1. The fourth-order valence-corrected chi connectivity index (χ4v) is 1.73. The first-order valence-electron chi connectivity index (χ1n) is 4.44. The van der Waals surface area contributed by atoms with E-state index < -0.39 is 5.54 Å². The van der Waals surface area contributed by atoms with E-state index in [-0.39, 0.29) is 12.5 Å². The van der Waals surface area contributed by atoms with Gasteiger partial charge in [-0.15, -0.1) is 11.3 Å². The molecule has 0 saturated carbocycles. The van der Waals surface area contributed by atoms with Crippen LogP contribution in [0.4, 0.5) is 0 Å². The van der Waals surface area contributed by atoms with Crippen molar-refractivity contribution in [3.63, 3.8) is 0 Å². The molecule has 1 aromatic rings. The molecule has 0 aliphatic carbocycles. The van der Waals surface area contributed by atoms with Crippen LogP contribution in [0.1, 0.15) is 28.4 Å². The van der Waals surface area contributed by atoms with Crippen LogP contribution in [-0.2, 0) is 0 Å². The molecule has 0 aromatic carbocycles. The highest BCUT2D eigenvalue weighted by Gasteiger charge is 2.20. The number of rotatable bonds is 3. The predicted octanol–water partition coefficient (Wildman–Crippen LogP) is 1.56. The van der Waals surface area contributed by atoms with Gasteiger partial charge in [0.25, 0.3) is 5.91 Å². The Kier molecular flexibility index (Phi) is 3.29. The minimum atomic E-state index is -0.561. The van der Waals surface area contributed by atoms with E-state index in [4.69, 9.17) is 5.11 Å². The molecule has 0 saturated heterocycles. The van der Waals surface area contributed by atoms with Gasteiger partial charge in [0.05, 0.1) is 17.0 Å². The Morgan fingerprint density at radius 2 is 2.21 bits per heavy atom. The lowest BCUT2D eigenvalue weighted by molar-refractivity contribution is 0.0873. The summed E-state index contributed by atoms with van der Waals surface area (Å²) < 4.78 is 0. The van der Waals surface area contributed by atoms with Crippen molar-refractivity contribution in [2.24, 2.45) is 0 Å². The summed E-state index contributed by atoms with van der Waals surface area (Å²) in [7, 11) is 0. The zero-order valence-corrected chi connectivity index (χ0v) is 9.44. The highest BCUT2D eigenvalue weighted by molar-refractivity contribution is 7.13. The Morgan fingerprint density at radius 3 is 2.64 bits per heavy atom. The fourth-order valence-electron chi connectivity index (χ4n) is 0.965. The van der Waals surface area contributed by atoms with Gasteiger partial charge in [-0.3, -0.25) is 4.79 Å². The van der Waals surface area contributed by atoms with Crippen LogP contribution in [0.3, 0.4) is 0 Å². The maximum Gasteiger partial charge on any atom is 0.261 e. The molecule has 14 heavy (non-hydrogen) atoms. The largest absolute Gasteiger partial charge is 0.394 e. The molecule has 2 N–H and O–H groups in total. The number of nitrogens with one attached hydrogen (secondary N) is 1. The van der Waals surface area contributed by atoms with E-state index in [0.29, 0.717) is 4.88 Å². The molecule has 0 aliphatic rings. The van der Waals surface area contributed by atoms with Gasteiger partial charge in [0.1, 0.15) is 0 Å². The highest BCUT2D eigenvalue weighted by atomic mass is 32.1. The summed E-state index contributed by atoms with van der Waals surface area (Å²) in [5.74, 6) is -0.123. The molecule has 78 valence electrons. The number of aliphatic hydroxyl groups excluding tert-OH is 1. The lowest BCUT2D eigenvalue weighted by Gasteiger charge is -2.22. The smallest absolute Gasteiger partial charge is 0.261 e. The van der Waals surface area contributed by atoms with Crippen molar-refractivity contribution in [2.75, 3.05) is 6.61 Å². The summed E-state index contributed by atoms with van der Waals surface area (Å²) in [6, 6.07) is 3.70. The van der Waals surface area contributed by atoms with Gasteiger partial charge in [0, 0.05) is 4.88 Å². The average Bonchev–Trinajstić information content (AvgIpc) is 2.51. The van der Waals surface area contributed by atoms with E-state index >= 15 is 0 Å². The first-order valence-corrected chi connectivity index (χ1v) is 5.26. The molecule has 1 heterocycles. The highest BCUT2D eigenvalue weighted by Crippen LogP contribution is 2.15. The molecule has 1 amide bonds. The molecule has 0 fully saturated rings. The van der Waals surface area contributed by atoms with Crippen molar-refractivity contribution in [3.8, 4) is 0 Å². The third-order valence-electron chi connectivity index (χ3n) is 1.81. The van der Waals surface area contributed by atoms with Gasteiger partial charge in [0.15, 0.2) is 0 Å². The molecular formula is C10H15NO2S. The fraction of sp³-hybridized carbons (Fsp3) is 0.500. The number of aryl methyl sites for hydroxylation is 1. The summed E-state index contributed by atoms with van der Waals surface area (Å²) in [6.07, 6.45) is 0. The summed E-state index contributed by atoms with van der Waals surface area (Å²) in [4.78, 5) is 13.4. The molecule has 4 heteroatoms. The number of amides is 1. The summed E-state index contributed by atoms with van der Waals surface area (Å²) in [5, 5.41) is 11.7. The van der Waals surface area contributed by atoms with E-state index in [1.165, 1.54) is 11.3 Å². The second kappa shape index (κ2) is 4.11. The molecule has 0 bridgehead atoms. The molecule has 0 unspecified atom stereocenters. The van der Waals surface area contributed by atoms with Crippen LogP contribution in [0.2, 0.25) is 0 Å². The van der Waals surface area contributed by atoms with E-state index in [2.05, 4.69) is 5.32 Å². The Labute approximate surface area is 87.8 Å². The molecule has 0 spiro atoms. The average molecular weight is 213 g/mol. The molecule has 0 aliphatic heterocycles. The van der Waals surface area contributed by atoms with Crippen LogP contribution in [0.15, 0.2) is 12.1 Å². The SMILES string of the molecule is Cc1ccc(C(=O)NC(C)(C)CO)s1. The van der Waals surface area contributed by atoms with Gasteiger partial charge in [0.2, 0.25) is 0 Å². The molecule has 0 atom stereocenters. The molecule has 1 aromatic heterocycles. The first-order chi connectivity index (χ1) is 6.44. The van der Waals surface area contributed by atoms with Crippen LogP contribution in [0, 0.1) is 6.92 Å². The van der Waals surface area contributed by atoms with Gasteiger partial charge >= 0.3 is 0 Å². The van der Waals surface area contributed by atoms with Crippen LogP contribution >= 0.6 is 11.3 Å². The normalized spacial score (nSPS) is 11.4. The number of carbonyl (C=O) groups is 1. The van der Waals surface area contributed by atoms with Crippen molar-refractivity contribution in [1.82, 2.24) is 5.32 Å². The Hall–Kier alpha value is -0.870. The van der Waals surface area contributed by atoms with Gasteiger partial charge in [-0.05, 0) is 32.9 Å². The second-order valence-corrected chi connectivity index (χ2v) is 5.19. The van der Waals surface area contributed by atoms with Crippen molar-refractivity contribution in [2.45, 2.75) is 26.3 Å². The third kappa shape index (κ3) is 2.82. The Morgan fingerprint density at radius 1 is 1.57 bits per heavy atom. The number of hydrogen-bond donors (Lipinski definition) is 2. The first kappa shape index (κ1) is 11.2. The van der Waals surface area contributed by atoms with E-state index in [9.17, 15) is 4.79 Å². The van der Waals surface area contributed by atoms with Crippen LogP contribution < -0.4 is 5.32 Å². The van der Waals surface area contributed by atoms with Gasteiger partial charge < -0.3 is 10.4 Å². The minimum absolute atomic E-state index is 0.0664. The Balaban J connectivity index is 2.68. The van der Waals surface area contributed by atoms with Crippen molar-refractivity contribution in [1.29, 1.82) is 0 Å². The number of carbonyl (C=O) groups excluding carboxylic acids is 1. The van der Waals surface area contributed by atoms with Crippen molar-refractivity contribution < 1.29 is 9.90 Å². The number of thiophene rings is 1. The van der Waals surface area contributed by atoms with Crippen molar-refractivity contribution >= 4 is 17.2 Å². The Bertz CT molecular complexity index is 331. The van der Waals surface area contributed by atoms with Gasteiger partial charge in [-0.1, -0.05) is 0 Å². The molecule has 1 rings (SSSR count). The standard InChI is InChI=1S/C10H15NO2S/c1-7-4-5-8(14-7)9(13)11-10(2,3)6-12/h4-5,12H,6H2,1-3H3,(H,11,13). The topological polar surface area (TPSA) is 49.3 Å². The van der Waals surface area contributed by atoms with Crippen molar-refractivity contribution in [3.05, 3.63) is 21.9 Å². The van der Waals surface area contributed by atoms with E-state index in [1.807, 2.05) is 13.0 Å². The van der Waals surface area contributed by atoms with Gasteiger partial charge in [-0.2, -0.15) is 0 Å². The maximum absolute atomic E-state index is 11.6. The number of hydrogen-bond acceptors (Lipinski definition) is 3. The lowest BCUT2D eigenvalue weighted by Crippen LogP contribution is -2.46. The van der Waals surface area contributed by atoms with Crippen LogP contribution in [-0.4, -0.2) is 23.2 Å². The zero-order valence-electron chi connectivity index (χ0n) is 8.63. The quantitative estimate of drug-likeness (QED) is 0.800. The third-order valence-corrected chi connectivity index (χ3v) is 2.81. The lowest BCUT2D eigenvalue weighted by atomic mass is 10.1. The minimum Gasteiger partial charge on any atom is -0.394 e. The predicted molar refractivity (Wildman–Crippen MR) is 57.7 cm³/mol. The summed E-state index contributed by atoms with van der Waals surface area (Å²) >= 11 is 1.45. The molecule has 0 radical (unpaired) electrons. The van der Waals surface area contributed by atoms with E-state index in [0.717, 1.165) is 4.88 Å². The second-order valence-electron chi connectivity index (χ2n) is 3.91. The summed E-state index contributed by atoms with van der Waals surface area (Å²) in [5.41, 5.74) is -0.561. The van der Waals surface area contributed by atoms with E-state index in [1.54, 1.807) is 19.9 Å². The molecular weight excluding hydrogens is 198 g/mol. The van der Waals surface area contributed by atoms with Gasteiger partial charge in [-0.25, -0.2) is 0 Å².